The van der Waals surface area contributed by atoms with Gasteiger partial charge in [-0.1, -0.05) is 72.8 Å². The van der Waals surface area contributed by atoms with E-state index in [1.54, 1.807) is 0 Å². The second kappa shape index (κ2) is 11.6. The van der Waals surface area contributed by atoms with Gasteiger partial charge in [0.05, 0.1) is 10.9 Å². The largest absolute Gasteiger partial charge is 0.484 e. The quantitative estimate of drug-likeness (QED) is 0.255. The number of fused-ring (bicyclic) bond motifs is 1. The van der Waals surface area contributed by atoms with Crippen molar-refractivity contribution in [2.75, 3.05) is 6.54 Å². The van der Waals surface area contributed by atoms with Gasteiger partial charge in [-0.25, -0.2) is 4.98 Å². The number of benzene rings is 3. The summed E-state index contributed by atoms with van der Waals surface area (Å²) in [5, 5.41) is 4.77. The molecule has 200 valence electrons. The molecule has 0 radical (unpaired) electrons. The molecule has 3 heterocycles. The molecule has 0 saturated carbocycles. The van der Waals surface area contributed by atoms with E-state index in [0.29, 0.717) is 24.7 Å². The SMILES string of the molecule is O=C(NCc1ccccc1)c1coc(COc2ccc3c(c2)C(c2ccccc2)N(C(=O)c2cccs2)CC3)n1. The first-order valence-electron chi connectivity index (χ1n) is 13.1. The highest BCUT2D eigenvalue weighted by Gasteiger charge is 2.33. The van der Waals surface area contributed by atoms with E-state index in [-0.39, 0.29) is 30.2 Å². The first-order valence-corrected chi connectivity index (χ1v) is 14.0. The molecular formula is C32H27N3O4S. The van der Waals surface area contributed by atoms with Crippen LogP contribution in [0.5, 0.6) is 5.75 Å². The van der Waals surface area contributed by atoms with Gasteiger partial charge in [-0.2, -0.15) is 0 Å². The second-order valence-electron chi connectivity index (χ2n) is 9.48. The van der Waals surface area contributed by atoms with E-state index < -0.39 is 0 Å². The Kier molecular flexibility index (Phi) is 7.41. The third-order valence-corrected chi connectivity index (χ3v) is 7.75. The number of amides is 2. The van der Waals surface area contributed by atoms with Gasteiger partial charge in [-0.05, 0) is 52.3 Å². The highest BCUT2D eigenvalue weighted by atomic mass is 32.1. The van der Waals surface area contributed by atoms with Gasteiger partial charge in [0.25, 0.3) is 11.8 Å². The lowest BCUT2D eigenvalue weighted by Gasteiger charge is -2.37. The molecule has 0 fully saturated rings. The zero-order valence-corrected chi connectivity index (χ0v) is 22.5. The Bertz CT molecular complexity index is 1600. The van der Waals surface area contributed by atoms with Crippen molar-refractivity contribution in [2.24, 2.45) is 0 Å². The Labute approximate surface area is 236 Å². The minimum atomic E-state index is -0.311. The summed E-state index contributed by atoms with van der Waals surface area (Å²) >= 11 is 1.46. The number of aromatic nitrogens is 1. The monoisotopic (exact) mass is 549 g/mol. The standard InChI is InChI=1S/C32H27N3O4S/c36-31(33-19-22-8-3-1-4-9-22)27-20-39-29(34-27)21-38-25-14-13-23-15-16-35(32(37)28-12-7-17-40-28)30(26(23)18-25)24-10-5-2-6-11-24/h1-14,17-18,20,30H,15-16,19,21H2,(H,33,36). The van der Waals surface area contributed by atoms with E-state index >= 15 is 0 Å². The molecule has 6 rings (SSSR count). The number of carbonyl (C=O) groups is 2. The number of ether oxygens (including phenoxy) is 1. The van der Waals surface area contributed by atoms with Gasteiger partial charge in [0.1, 0.15) is 12.0 Å². The number of hydrogen-bond acceptors (Lipinski definition) is 6. The van der Waals surface area contributed by atoms with Gasteiger partial charge in [-0.15, -0.1) is 11.3 Å². The molecule has 3 aromatic carbocycles. The number of thiophene rings is 1. The molecule has 1 aliphatic heterocycles. The van der Waals surface area contributed by atoms with Crippen LogP contribution in [0.3, 0.4) is 0 Å². The van der Waals surface area contributed by atoms with E-state index in [1.165, 1.54) is 23.2 Å². The number of rotatable bonds is 8. The molecule has 5 aromatic rings. The Morgan fingerprint density at radius 3 is 2.58 bits per heavy atom. The van der Waals surface area contributed by atoms with E-state index in [2.05, 4.69) is 28.5 Å². The van der Waals surface area contributed by atoms with E-state index in [0.717, 1.165) is 28.0 Å². The van der Waals surface area contributed by atoms with Crippen molar-refractivity contribution in [3.63, 3.8) is 0 Å². The van der Waals surface area contributed by atoms with Gasteiger partial charge in [0.2, 0.25) is 5.89 Å². The average molecular weight is 550 g/mol. The van der Waals surface area contributed by atoms with Gasteiger partial charge >= 0.3 is 0 Å². The van der Waals surface area contributed by atoms with Crippen molar-refractivity contribution in [3.05, 3.63) is 141 Å². The number of nitrogens with zero attached hydrogens (tertiary/aromatic N) is 2. The first-order chi connectivity index (χ1) is 19.7. The van der Waals surface area contributed by atoms with Crippen molar-refractivity contribution >= 4 is 23.2 Å². The summed E-state index contributed by atoms with van der Waals surface area (Å²) in [6, 6.07) is 29.3. The van der Waals surface area contributed by atoms with Crippen molar-refractivity contribution in [1.82, 2.24) is 15.2 Å². The maximum atomic E-state index is 13.5. The summed E-state index contributed by atoms with van der Waals surface area (Å²) < 4.78 is 11.5. The normalized spacial score (nSPS) is 14.4. The summed E-state index contributed by atoms with van der Waals surface area (Å²) in [4.78, 5) is 33.0. The van der Waals surface area contributed by atoms with E-state index in [4.69, 9.17) is 9.15 Å². The lowest BCUT2D eigenvalue weighted by molar-refractivity contribution is 0.0699. The van der Waals surface area contributed by atoms with Gasteiger partial charge < -0.3 is 19.4 Å². The topological polar surface area (TPSA) is 84.7 Å². The zero-order valence-electron chi connectivity index (χ0n) is 21.7. The molecule has 0 spiro atoms. The average Bonchev–Trinajstić information content (AvgIpc) is 3.72. The molecular weight excluding hydrogens is 522 g/mol. The molecule has 7 nitrogen and oxygen atoms in total. The fourth-order valence-corrected chi connectivity index (χ4v) is 5.61. The predicted molar refractivity (Wildman–Crippen MR) is 152 cm³/mol. The first kappa shape index (κ1) is 25.6. The third-order valence-electron chi connectivity index (χ3n) is 6.90. The van der Waals surface area contributed by atoms with Crippen LogP contribution >= 0.6 is 11.3 Å². The van der Waals surface area contributed by atoms with E-state index in [9.17, 15) is 9.59 Å². The summed E-state index contributed by atoms with van der Waals surface area (Å²) in [7, 11) is 0. The fraction of sp³-hybridized carbons (Fsp3) is 0.156. The minimum Gasteiger partial charge on any atom is -0.484 e. The zero-order chi connectivity index (χ0) is 27.3. The molecule has 2 aromatic heterocycles. The summed E-state index contributed by atoms with van der Waals surface area (Å²) in [5.41, 5.74) is 4.47. The number of hydrogen-bond donors (Lipinski definition) is 1. The van der Waals surface area contributed by atoms with Crippen LogP contribution in [0.4, 0.5) is 0 Å². The Hall–Kier alpha value is -4.69. The molecule has 1 aliphatic rings. The maximum absolute atomic E-state index is 13.5. The maximum Gasteiger partial charge on any atom is 0.273 e. The smallest absolute Gasteiger partial charge is 0.273 e. The lowest BCUT2D eigenvalue weighted by Crippen LogP contribution is -2.40. The van der Waals surface area contributed by atoms with Crippen LogP contribution in [0.25, 0.3) is 0 Å². The van der Waals surface area contributed by atoms with Crippen molar-refractivity contribution in [2.45, 2.75) is 25.6 Å². The number of oxazole rings is 1. The molecule has 0 saturated heterocycles. The summed E-state index contributed by atoms with van der Waals surface area (Å²) in [5.74, 6) is 0.655. The van der Waals surface area contributed by atoms with Crippen molar-refractivity contribution < 1.29 is 18.7 Å². The summed E-state index contributed by atoms with van der Waals surface area (Å²) in [6.45, 7) is 1.11. The minimum absolute atomic E-state index is 0.0266. The van der Waals surface area contributed by atoms with E-state index in [1.807, 2.05) is 83.1 Å². The van der Waals surface area contributed by atoms with Crippen LogP contribution in [0.2, 0.25) is 0 Å². The molecule has 1 N–H and O–H groups in total. The Morgan fingerprint density at radius 2 is 1.80 bits per heavy atom. The van der Waals surface area contributed by atoms with Gasteiger partial charge in [0.15, 0.2) is 12.3 Å². The van der Waals surface area contributed by atoms with Crippen molar-refractivity contribution in [1.29, 1.82) is 0 Å². The predicted octanol–water partition coefficient (Wildman–Crippen LogP) is 6.03. The number of nitrogens with one attached hydrogen (secondary N) is 1. The Morgan fingerprint density at radius 1 is 1.00 bits per heavy atom. The molecule has 0 bridgehead atoms. The third kappa shape index (κ3) is 5.53. The van der Waals surface area contributed by atoms with Crippen molar-refractivity contribution in [3.8, 4) is 5.75 Å². The molecule has 8 heteroatoms. The summed E-state index contributed by atoms with van der Waals surface area (Å²) in [6.07, 6.45) is 2.10. The van der Waals surface area contributed by atoms with Crippen LogP contribution in [-0.4, -0.2) is 28.2 Å². The molecule has 0 aliphatic carbocycles. The van der Waals surface area contributed by atoms with Crippen LogP contribution in [0, 0.1) is 0 Å². The highest BCUT2D eigenvalue weighted by molar-refractivity contribution is 7.12. The van der Waals surface area contributed by atoms with Crippen LogP contribution in [0.1, 0.15) is 54.3 Å². The molecule has 2 amide bonds. The van der Waals surface area contributed by atoms with Crippen LogP contribution in [-0.2, 0) is 19.6 Å². The molecule has 1 atom stereocenters. The van der Waals surface area contributed by atoms with Gasteiger partial charge in [0, 0.05) is 13.1 Å². The molecule has 1 unspecified atom stereocenters. The fourth-order valence-electron chi connectivity index (χ4n) is 4.93. The highest BCUT2D eigenvalue weighted by Crippen LogP contribution is 2.38. The van der Waals surface area contributed by atoms with Crippen LogP contribution in [0.15, 0.2) is 107 Å². The number of carbonyl (C=O) groups excluding carboxylic acids is 2. The molecule has 40 heavy (non-hydrogen) atoms. The Balaban J connectivity index is 1.18. The second-order valence-corrected chi connectivity index (χ2v) is 10.4. The lowest BCUT2D eigenvalue weighted by atomic mass is 9.88. The van der Waals surface area contributed by atoms with Gasteiger partial charge in [-0.3, -0.25) is 9.59 Å². The van der Waals surface area contributed by atoms with Crippen LogP contribution < -0.4 is 10.1 Å².